The van der Waals surface area contributed by atoms with Crippen LogP contribution in [0.3, 0.4) is 0 Å². The fourth-order valence-electron chi connectivity index (χ4n) is 2.07. The summed E-state index contributed by atoms with van der Waals surface area (Å²) in [4.78, 5) is 16.5. The molecule has 1 aromatic heterocycles. The van der Waals surface area contributed by atoms with Gasteiger partial charge in [-0.2, -0.15) is 0 Å². The van der Waals surface area contributed by atoms with Gasteiger partial charge in [0.1, 0.15) is 4.90 Å². The average Bonchev–Trinajstić information content (AvgIpc) is 2.61. The van der Waals surface area contributed by atoms with E-state index in [0.717, 1.165) is 9.87 Å². The molecule has 1 amide bonds. The molecule has 0 saturated carbocycles. The Kier molecular flexibility index (Phi) is 6.80. The van der Waals surface area contributed by atoms with Crippen LogP contribution in [0.1, 0.15) is 18.1 Å². The van der Waals surface area contributed by atoms with Crippen molar-refractivity contribution in [2.45, 2.75) is 35.6 Å². The van der Waals surface area contributed by atoms with Gasteiger partial charge in [0.05, 0.1) is 10.3 Å². The summed E-state index contributed by atoms with van der Waals surface area (Å²) in [5.74, 6) is -0.0950. The zero-order chi connectivity index (χ0) is 19.3. The van der Waals surface area contributed by atoms with Gasteiger partial charge in [-0.25, -0.2) is 17.7 Å². The van der Waals surface area contributed by atoms with Crippen molar-refractivity contribution in [3.05, 3.63) is 53.7 Å². The molecule has 1 N–H and O–H groups in total. The van der Waals surface area contributed by atoms with Crippen molar-refractivity contribution in [2.24, 2.45) is 0 Å². The molecule has 0 spiro atoms. The van der Waals surface area contributed by atoms with Crippen molar-refractivity contribution in [3.63, 3.8) is 0 Å². The average molecular weight is 394 g/mol. The van der Waals surface area contributed by atoms with E-state index in [4.69, 9.17) is 0 Å². The Balaban J connectivity index is 1.93. The predicted molar refractivity (Wildman–Crippen MR) is 103 cm³/mol. The molecule has 0 aliphatic carbocycles. The first kappa shape index (κ1) is 20.4. The molecule has 0 aliphatic rings. The van der Waals surface area contributed by atoms with E-state index in [-0.39, 0.29) is 16.1 Å². The van der Waals surface area contributed by atoms with Crippen molar-refractivity contribution < 1.29 is 13.2 Å². The van der Waals surface area contributed by atoms with E-state index in [1.807, 2.05) is 31.2 Å². The first-order valence-electron chi connectivity index (χ1n) is 8.08. The van der Waals surface area contributed by atoms with Gasteiger partial charge in [0.2, 0.25) is 15.9 Å². The number of hydrogen-bond acceptors (Lipinski definition) is 5. The van der Waals surface area contributed by atoms with Crippen LogP contribution < -0.4 is 5.32 Å². The van der Waals surface area contributed by atoms with E-state index in [2.05, 4.69) is 10.3 Å². The highest BCUT2D eigenvalue weighted by atomic mass is 32.2. The fourth-order valence-corrected chi connectivity index (χ4v) is 3.73. The van der Waals surface area contributed by atoms with Crippen LogP contribution in [0.5, 0.6) is 0 Å². The lowest BCUT2D eigenvalue weighted by Gasteiger charge is -2.13. The summed E-state index contributed by atoms with van der Waals surface area (Å²) in [6, 6.07) is 11.1. The van der Waals surface area contributed by atoms with E-state index < -0.39 is 10.0 Å². The number of aromatic nitrogens is 1. The molecular formula is C18H23N3O3S2. The minimum atomic E-state index is -3.50. The maximum absolute atomic E-state index is 12.2. The molecule has 8 heteroatoms. The van der Waals surface area contributed by atoms with Gasteiger partial charge in [-0.3, -0.25) is 4.79 Å². The Hall–Kier alpha value is -1.90. The maximum Gasteiger partial charge on any atom is 0.244 e. The zero-order valence-corrected chi connectivity index (χ0v) is 16.9. The number of carbonyl (C=O) groups excluding carboxylic acids is 1. The van der Waals surface area contributed by atoms with Crippen molar-refractivity contribution in [1.29, 1.82) is 0 Å². The first-order valence-corrected chi connectivity index (χ1v) is 10.4. The molecule has 0 radical (unpaired) electrons. The summed E-state index contributed by atoms with van der Waals surface area (Å²) < 4.78 is 25.2. The maximum atomic E-state index is 12.2. The minimum Gasteiger partial charge on any atom is -0.351 e. The summed E-state index contributed by atoms with van der Waals surface area (Å²) in [5, 5.41) is 3.15. The number of pyridine rings is 1. The van der Waals surface area contributed by atoms with Gasteiger partial charge in [-0.05, 0) is 31.5 Å². The Labute approximate surface area is 159 Å². The minimum absolute atomic E-state index is 0.0950. The molecule has 0 saturated heterocycles. The molecule has 0 bridgehead atoms. The summed E-state index contributed by atoms with van der Waals surface area (Å²) in [6.45, 7) is 4.28. The van der Waals surface area contributed by atoms with E-state index in [1.54, 1.807) is 13.0 Å². The number of benzene rings is 1. The van der Waals surface area contributed by atoms with E-state index in [9.17, 15) is 13.2 Å². The topological polar surface area (TPSA) is 79.4 Å². The Morgan fingerprint density at radius 2 is 1.85 bits per heavy atom. The lowest BCUT2D eigenvalue weighted by atomic mass is 10.1. The number of nitrogens with one attached hydrogen (secondary N) is 1. The number of amides is 1. The summed E-state index contributed by atoms with van der Waals surface area (Å²) in [5.41, 5.74) is 2.22. The van der Waals surface area contributed by atoms with Crippen LogP contribution >= 0.6 is 11.8 Å². The predicted octanol–water partition coefficient (Wildman–Crippen LogP) is 2.44. The largest absolute Gasteiger partial charge is 0.351 e. The first-order chi connectivity index (χ1) is 12.2. The highest BCUT2D eigenvalue weighted by Crippen LogP contribution is 2.23. The van der Waals surface area contributed by atoms with Crippen molar-refractivity contribution in [1.82, 2.24) is 14.6 Å². The van der Waals surface area contributed by atoms with Crippen molar-refractivity contribution in [3.8, 4) is 0 Å². The third-order valence-electron chi connectivity index (χ3n) is 3.74. The zero-order valence-electron chi connectivity index (χ0n) is 15.3. The molecule has 26 heavy (non-hydrogen) atoms. The molecule has 1 aromatic carbocycles. The van der Waals surface area contributed by atoms with Gasteiger partial charge < -0.3 is 5.32 Å². The highest BCUT2D eigenvalue weighted by molar-refractivity contribution is 8.00. The van der Waals surface area contributed by atoms with Gasteiger partial charge in [0.25, 0.3) is 0 Å². The quantitative estimate of drug-likeness (QED) is 0.731. The van der Waals surface area contributed by atoms with E-state index >= 15 is 0 Å². The standard InChI is InChI=1S/C18H23N3O3S2/c1-13-5-7-15(8-6-13)11-20-18(22)14(2)25-17-10-9-16(12-19-17)26(23,24)21(3)4/h5-10,12,14H,11H2,1-4H3,(H,20,22)/t14-/m0/s1. The number of rotatable bonds is 7. The van der Waals surface area contributed by atoms with Crippen molar-refractivity contribution in [2.75, 3.05) is 14.1 Å². The Bertz CT molecular complexity index is 848. The van der Waals surface area contributed by atoms with Gasteiger partial charge in [-0.15, -0.1) is 0 Å². The van der Waals surface area contributed by atoms with Crippen LogP contribution in [0.25, 0.3) is 0 Å². The van der Waals surface area contributed by atoms with Crippen LogP contribution in [0.15, 0.2) is 52.5 Å². The summed E-state index contributed by atoms with van der Waals surface area (Å²) >= 11 is 1.29. The van der Waals surface area contributed by atoms with Crippen LogP contribution in [-0.2, 0) is 21.4 Å². The molecular weight excluding hydrogens is 370 g/mol. The number of aryl methyl sites for hydroxylation is 1. The smallest absolute Gasteiger partial charge is 0.244 e. The second-order valence-electron chi connectivity index (χ2n) is 6.08. The second-order valence-corrected chi connectivity index (χ2v) is 9.60. The molecule has 2 aromatic rings. The molecule has 0 aliphatic heterocycles. The molecule has 1 atom stereocenters. The number of sulfonamides is 1. The van der Waals surface area contributed by atoms with E-state index in [1.165, 1.54) is 43.7 Å². The fraction of sp³-hybridized carbons (Fsp3) is 0.333. The Morgan fingerprint density at radius 1 is 1.19 bits per heavy atom. The van der Waals surface area contributed by atoms with Crippen molar-refractivity contribution >= 4 is 27.7 Å². The monoisotopic (exact) mass is 393 g/mol. The summed E-state index contributed by atoms with van der Waals surface area (Å²) in [7, 11) is -0.557. The number of nitrogens with zero attached hydrogens (tertiary/aromatic N) is 2. The number of thioether (sulfide) groups is 1. The number of hydrogen-bond donors (Lipinski definition) is 1. The van der Waals surface area contributed by atoms with Crippen LogP contribution in [-0.4, -0.2) is 43.0 Å². The van der Waals surface area contributed by atoms with Crippen LogP contribution in [0.4, 0.5) is 0 Å². The third-order valence-corrected chi connectivity index (χ3v) is 6.59. The van der Waals surface area contributed by atoms with Gasteiger partial charge in [-0.1, -0.05) is 41.6 Å². The van der Waals surface area contributed by atoms with Crippen LogP contribution in [0.2, 0.25) is 0 Å². The van der Waals surface area contributed by atoms with Gasteiger partial charge >= 0.3 is 0 Å². The molecule has 2 rings (SSSR count). The third kappa shape index (κ3) is 5.30. The molecule has 0 unspecified atom stereocenters. The molecule has 6 nitrogen and oxygen atoms in total. The molecule has 0 fully saturated rings. The van der Waals surface area contributed by atoms with Gasteiger partial charge in [0.15, 0.2) is 0 Å². The van der Waals surface area contributed by atoms with Crippen LogP contribution in [0, 0.1) is 6.92 Å². The lowest BCUT2D eigenvalue weighted by Crippen LogP contribution is -2.30. The molecule has 1 heterocycles. The normalized spacial score (nSPS) is 12.8. The lowest BCUT2D eigenvalue weighted by molar-refractivity contribution is -0.120. The second kappa shape index (κ2) is 8.66. The Morgan fingerprint density at radius 3 is 2.38 bits per heavy atom. The molecule has 140 valence electrons. The van der Waals surface area contributed by atoms with Gasteiger partial charge in [0, 0.05) is 26.8 Å². The summed E-state index contributed by atoms with van der Waals surface area (Å²) in [6.07, 6.45) is 1.31. The SMILES string of the molecule is Cc1ccc(CNC(=O)[C@H](C)Sc2ccc(S(=O)(=O)N(C)C)cn2)cc1. The highest BCUT2D eigenvalue weighted by Gasteiger charge is 2.19. The number of carbonyl (C=O) groups is 1. The van der Waals surface area contributed by atoms with E-state index in [0.29, 0.717) is 11.6 Å².